The minimum Gasteiger partial charge on any atom is -0.325 e. The zero-order valence-corrected chi connectivity index (χ0v) is 14.8. The largest absolute Gasteiger partial charge is 0.471 e. The molecule has 0 N–H and O–H groups in total. The Hall–Kier alpha value is -2.16. The lowest BCUT2D eigenvalue weighted by Crippen LogP contribution is -2.53. The van der Waals surface area contributed by atoms with Crippen LogP contribution in [0, 0.1) is 0 Å². The predicted molar refractivity (Wildman–Crippen MR) is 87.8 cm³/mol. The zero-order chi connectivity index (χ0) is 18.9. The Morgan fingerprint density at radius 1 is 1.27 bits per heavy atom. The summed E-state index contributed by atoms with van der Waals surface area (Å²) in [6, 6.07) is 6.68. The van der Waals surface area contributed by atoms with Crippen molar-refractivity contribution < 1.29 is 18.0 Å². The van der Waals surface area contributed by atoms with Crippen LogP contribution in [0.15, 0.2) is 24.3 Å². The maximum Gasteiger partial charge on any atom is 0.471 e. The van der Waals surface area contributed by atoms with Crippen LogP contribution in [0.5, 0.6) is 0 Å². The number of halogens is 4. The van der Waals surface area contributed by atoms with Gasteiger partial charge in [0.1, 0.15) is 5.54 Å². The molecule has 2 aromatic rings. The van der Waals surface area contributed by atoms with Gasteiger partial charge in [-0.2, -0.15) is 17.9 Å². The first-order valence-electron chi connectivity index (χ1n) is 8.15. The third kappa shape index (κ3) is 3.27. The SMILES string of the molecule is CN(C(=O)C(F)(F)F)C1(c2nnnn2-c2cccc(Cl)c2)CCCCC1. The number of rotatable bonds is 3. The summed E-state index contributed by atoms with van der Waals surface area (Å²) < 4.78 is 40.6. The summed E-state index contributed by atoms with van der Waals surface area (Å²) in [5.74, 6) is -1.69. The van der Waals surface area contributed by atoms with Crippen LogP contribution >= 0.6 is 11.6 Å². The Balaban J connectivity index is 2.11. The number of aromatic nitrogens is 4. The molecule has 10 heteroatoms. The molecule has 0 aliphatic heterocycles. The first-order chi connectivity index (χ1) is 12.3. The van der Waals surface area contributed by atoms with E-state index in [1.54, 1.807) is 24.3 Å². The van der Waals surface area contributed by atoms with E-state index in [9.17, 15) is 18.0 Å². The van der Waals surface area contributed by atoms with Gasteiger partial charge in [-0.3, -0.25) is 4.79 Å². The van der Waals surface area contributed by atoms with Crippen LogP contribution in [-0.2, 0) is 10.3 Å². The van der Waals surface area contributed by atoms with E-state index in [1.165, 1.54) is 4.68 Å². The lowest BCUT2D eigenvalue weighted by Gasteiger charge is -2.43. The van der Waals surface area contributed by atoms with E-state index >= 15 is 0 Å². The second-order valence-electron chi connectivity index (χ2n) is 6.35. The van der Waals surface area contributed by atoms with Crippen LogP contribution in [-0.4, -0.2) is 44.2 Å². The fraction of sp³-hybridized carbons (Fsp3) is 0.500. The molecule has 3 rings (SSSR count). The summed E-state index contributed by atoms with van der Waals surface area (Å²) in [4.78, 5) is 12.7. The van der Waals surface area contributed by atoms with E-state index < -0.39 is 17.6 Å². The molecule has 140 valence electrons. The standard InChI is InChI=1S/C16H17ClF3N5O/c1-24(14(26)16(18,19)20)15(8-3-2-4-9-15)13-21-22-23-25(13)12-7-5-6-11(17)10-12/h5-7,10H,2-4,8-9H2,1H3. The summed E-state index contributed by atoms with van der Waals surface area (Å²) >= 11 is 6.01. The van der Waals surface area contributed by atoms with Gasteiger partial charge in [0.15, 0.2) is 5.82 Å². The van der Waals surface area contributed by atoms with Crippen LogP contribution in [0.4, 0.5) is 13.2 Å². The normalized spacial score (nSPS) is 17.1. The van der Waals surface area contributed by atoms with Crippen molar-refractivity contribution in [3.8, 4) is 5.69 Å². The van der Waals surface area contributed by atoms with Crippen molar-refractivity contribution >= 4 is 17.5 Å². The molecule has 1 heterocycles. The molecule has 1 aliphatic rings. The highest BCUT2D eigenvalue weighted by atomic mass is 35.5. The van der Waals surface area contributed by atoms with Crippen molar-refractivity contribution in [1.29, 1.82) is 0 Å². The van der Waals surface area contributed by atoms with Crippen molar-refractivity contribution in [2.24, 2.45) is 0 Å². The average molecular weight is 388 g/mol. The maximum absolute atomic E-state index is 13.1. The lowest BCUT2D eigenvalue weighted by atomic mass is 9.79. The number of hydrogen-bond acceptors (Lipinski definition) is 4. The third-order valence-corrected chi connectivity index (χ3v) is 5.04. The predicted octanol–water partition coefficient (Wildman–Crippen LogP) is 3.50. The number of amides is 1. The van der Waals surface area contributed by atoms with Crippen LogP contribution in [0.3, 0.4) is 0 Å². The average Bonchev–Trinajstić information content (AvgIpc) is 3.10. The van der Waals surface area contributed by atoms with Crippen molar-refractivity contribution in [3.63, 3.8) is 0 Å². The van der Waals surface area contributed by atoms with Gasteiger partial charge in [0, 0.05) is 12.1 Å². The minimum atomic E-state index is -4.96. The number of carbonyl (C=O) groups is 1. The van der Waals surface area contributed by atoms with Crippen molar-refractivity contribution in [1.82, 2.24) is 25.1 Å². The van der Waals surface area contributed by atoms with Crippen molar-refractivity contribution in [2.45, 2.75) is 43.8 Å². The van der Waals surface area contributed by atoms with Crippen LogP contribution in [0.1, 0.15) is 37.9 Å². The van der Waals surface area contributed by atoms with E-state index in [2.05, 4.69) is 15.5 Å². The second kappa shape index (κ2) is 6.86. The zero-order valence-electron chi connectivity index (χ0n) is 14.0. The fourth-order valence-electron chi connectivity index (χ4n) is 3.49. The van der Waals surface area contributed by atoms with Crippen molar-refractivity contribution in [2.75, 3.05) is 7.05 Å². The molecule has 1 aromatic carbocycles. The molecule has 1 amide bonds. The maximum atomic E-state index is 13.1. The van der Waals surface area contributed by atoms with E-state index in [-0.39, 0.29) is 5.82 Å². The quantitative estimate of drug-likeness (QED) is 0.808. The minimum absolute atomic E-state index is 0.208. The van der Waals surface area contributed by atoms with Gasteiger partial charge in [-0.25, -0.2) is 0 Å². The highest BCUT2D eigenvalue weighted by molar-refractivity contribution is 6.30. The summed E-state index contributed by atoms with van der Waals surface area (Å²) in [5.41, 5.74) is -0.702. The van der Waals surface area contributed by atoms with Crippen LogP contribution < -0.4 is 0 Å². The molecule has 0 saturated heterocycles. The molecule has 26 heavy (non-hydrogen) atoms. The summed E-state index contributed by atoms with van der Waals surface area (Å²) in [6.07, 6.45) is -2.02. The molecule has 1 aliphatic carbocycles. The van der Waals surface area contributed by atoms with E-state index in [0.29, 0.717) is 36.4 Å². The Labute approximate surface area is 152 Å². The lowest BCUT2D eigenvalue weighted by molar-refractivity contribution is -0.192. The van der Waals surface area contributed by atoms with Crippen molar-refractivity contribution in [3.05, 3.63) is 35.1 Å². The molecular formula is C16H17ClF3N5O. The molecular weight excluding hydrogens is 371 g/mol. The van der Waals surface area contributed by atoms with E-state index in [0.717, 1.165) is 18.4 Å². The number of tetrazole rings is 1. The molecule has 0 unspecified atom stereocenters. The summed E-state index contributed by atoms with van der Waals surface area (Å²) in [6.45, 7) is 0. The van der Waals surface area contributed by atoms with E-state index in [1.807, 2.05) is 0 Å². The van der Waals surface area contributed by atoms with Gasteiger partial charge < -0.3 is 4.90 Å². The molecule has 0 spiro atoms. The molecule has 1 aromatic heterocycles. The van der Waals surface area contributed by atoms with E-state index in [4.69, 9.17) is 11.6 Å². The van der Waals surface area contributed by atoms with Crippen LogP contribution in [0.2, 0.25) is 5.02 Å². The Morgan fingerprint density at radius 2 is 1.96 bits per heavy atom. The topological polar surface area (TPSA) is 63.9 Å². The Bertz CT molecular complexity index is 801. The number of alkyl halides is 3. The molecule has 0 bridgehead atoms. The van der Waals surface area contributed by atoms with Gasteiger partial charge in [0.05, 0.1) is 5.69 Å². The smallest absolute Gasteiger partial charge is 0.325 e. The highest BCUT2D eigenvalue weighted by Gasteiger charge is 2.51. The second-order valence-corrected chi connectivity index (χ2v) is 6.78. The van der Waals surface area contributed by atoms with Gasteiger partial charge in [0.2, 0.25) is 0 Å². The summed E-state index contributed by atoms with van der Waals surface area (Å²) in [5, 5.41) is 12.0. The van der Waals surface area contributed by atoms with Gasteiger partial charge >= 0.3 is 12.1 Å². The number of benzene rings is 1. The molecule has 1 fully saturated rings. The number of carbonyl (C=O) groups excluding carboxylic acids is 1. The summed E-state index contributed by atoms with van der Waals surface area (Å²) in [7, 11) is 1.16. The molecule has 0 atom stereocenters. The highest BCUT2D eigenvalue weighted by Crippen LogP contribution is 2.42. The van der Waals surface area contributed by atoms with Gasteiger partial charge in [-0.15, -0.1) is 5.10 Å². The number of nitrogens with zero attached hydrogens (tertiary/aromatic N) is 5. The first kappa shape index (κ1) is 18.6. The Kier molecular flexibility index (Phi) is 4.92. The van der Waals surface area contributed by atoms with Crippen LogP contribution in [0.25, 0.3) is 5.69 Å². The van der Waals surface area contributed by atoms with Gasteiger partial charge in [-0.05, 0) is 41.5 Å². The number of hydrogen-bond donors (Lipinski definition) is 0. The molecule has 1 saturated carbocycles. The Morgan fingerprint density at radius 3 is 2.58 bits per heavy atom. The molecule has 0 radical (unpaired) electrons. The first-order valence-corrected chi connectivity index (χ1v) is 8.53. The fourth-order valence-corrected chi connectivity index (χ4v) is 3.67. The van der Waals surface area contributed by atoms with Gasteiger partial charge in [0.25, 0.3) is 0 Å². The van der Waals surface area contributed by atoms with Gasteiger partial charge in [-0.1, -0.05) is 36.9 Å². The third-order valence-electron chi connectivity index (χ3n) is 4.81. The monoisotopic (exact) mass is 387 g/mol. The molecule has 6 nitrogen and oxygen atoms in total.